The summed E-state index contributed by atoms with van der Waals surface area (Å²) >= 11 is 6.41. The number of alkyl halides is 2. The van der Waals surface area contributed by atoms with Crippen molar-refractivity contribution in [3.8, 4) is 11.8 Å². The number of nitrogens with zero attached hydrogens (tertiary/aromatic N) is 4. The van der Waals surface area contributed by atoms with Crippen LogP contribution in [0.1, 0.15) is 66.1 Å². The Morgan fingerprint density at radius 2 is 2.16 bits per heavy atom. The van der Waals surface area contributed by atoms with Gasteiger partial charge in [0, 0.05) is 30.4 Å². The van der Waals surface area contributed by atoms with Gasteiger partial charge in [0.1, 0.15) is 23.2 Å². The fourth-order valence-corrected chi connectivity index (χ4v) is 3.05. The smallest absolute Gasteiger partial charge is 0.282 e. The minimum atomic E-state index is -2.88. The summed E-state index contributed by atoms with van der Waals surface area (Å²) in [7, 11) is 1.50. The quantitative estimate of drug-likeness (QED) is 0.382. The zero-order chi connectivity index (χ0) is 23.4. The molecule has 0 radical (unpaired) electrons. The van der Waals surface area contributed by atoms with Crippen molar-refractivity contribution in [3.05, 3.63) is 45.5 Å². The molecule has 0 aliphatic heterocycles. The average molecular weight is 464 g/mol. The van der Waals surface area contributed by atoms with Crippen LogP contribution in [-0.4, -0.2) is 39.0 Å². The van der Waals surface area contributed by atoms with Crippen LogP contribution in [0.25, 0.3) is 0 Å². The van der Waals surface area contributed by atoms with E-state index < -0.39 is 18.0 Å². The molecule has 10 heteroatoms. The Labute approximate surface area is 190 Å². The summed E-state index contributed by atoms with van der Waals surface area (Å²) in [5.74, 6) is 5.92. The van der Waals surface area contributed by atoms with E-state index >= 15 is 0 Å². The minimum absolute atomic E-state index is 0.137. The maximum absolute atomic E-state index is 13.3. The van der Waals surface area contributed by atoms with Crippen molar-refractivity contribution in [1.29, 1.82) is 0 Å². The van der Waals surface area contributed by atoms with Gasteiger partial charge in [-0.15, -0.1) is 0 Å². The molecule has 3 rings (SSSR count). The van der Waals surface area contributed by atoms with E-state index in [0.29, 0.717) is 27.9 Å². The lowest BCUT2D eigenvalue weighted by Crippen LogP contribution is -2.32. The number of aromatic nitrogens is 3. The van der Waals surface area contributed by atoms with Crippen molar-refractivity contribution < 1.29 is 18.4 Å². The first-order valence-electron chi connectivity index (χ1n) is 10.2. The summed E-state index contributed by atoms with van der Waals surface area (Å²) in [6.07, 6.45) is 0.684. The van der Waals surface area contributed by atoms with Crippen LogP contribution in [0.4, 0.5) is 8.78 Å². The molecule has 1 N–H and O–H groups in total. The van der Waals surface area contributed by atoms with Crippen LogP contribution >= 0.6 is 11.6 Å². The van der Waals surface area contributed by atoms with Gasteiger partial charge in [-0.2, -0.15) is 5.10 Å². The molecule has 0 spiro atoms. The molecule has 2 heterocycles. The van der Waals surface area contributed by atoms with Crippen molar-refractivity contribution in [2.75, 3.05) is 6.54 Å². The van der Waals surface area contributed by atoms with E-state index in [0.717, 1.165) is 12.8 Å². The first-order valence-corrected chi connectivity index (χ1v) is 10.5. The topological polar surface area (TPSA) is 81.4 Å². The number of rotatable bonds is 7. The Hall–Kier alpha value is -2.99. The molecule has 1 saturated carbocycles. The van der Waals surface area contributed by atoms with Crippen LogP contribution in [0.2, 0.25) is 5.02 Å². The number of carbonyl (C=O) groups excluding carboxylic acids is 1. The second-order valence-corrected chi connectivity index (χ2v) is 8.15. The SMILES string of the molecule is Cc1c(C(=O)NC/C(=N/OC(C)C)c2ncc(C#CC3CC3)cc2Cl)c(C(F)F)nn1C. The Morgan fingerprint density at radius 1 is 1.44 bits per heavy atom. The first-order chi connectivity index (χ1) is 15.2. The lowest BCUT2D eigenvalue weighted by atomic mass is 10.1. The summed E-state index contributed by atoms with van der Waals surface area (Å²) in [4.78, 5) is 22.4. The molecule has 7 nitrogen and oxygen atoms in total. The van der Waals surface area contributed by atoms with Gasteiger partial charge in [-0.25, -0.2) is 8.78 Å². The van der Waals surface area contributed by atoms with Crippen LogP contribution in [0.3, 0.4) is 0 Å². The summed E-state index contributed by atoms with van der Waals surface area (Å²) < 4.78 is 27.9. The monoisotopic (exact) mass is 463 g/mol. The number of carbonyl (C=O) groups is 1. The van der Waals surface area contributed by atoms with E-state index in [2.05, 4.69) is 32.4 Å². The average Bonchev–Trinajstić information content (AvgIpc) is 3.51. The Balaban J connectivity index is 1.82. The fourth-order valence-electron chi connectivity index (χ4n) is 2.78. The number of nitrogens with one attached hydrogen (secondary N) is 1. The summed E-state index contributed by atoms with van der Waals surface area (Å²) in [5, 5.41) is 10.7. The van der Waals surface area contributed by atoms with Gasteiger partial charge in [-0.1, -0.05) is 28.6 Å². The van der Waals surface area contributed by atoms with E-state index in [1.165, 1.54) is 11.7 Å². The van der Waals surface area contributed by atoms with E-state index in [4.69, 9.17) is 16.4 Å². The molecule has 0 aromatic carbocycles. The first kappa shape index (κ1) is 23.7. The number of halogens is 3. The Kier molecular flexibility index (Phi) is 7.46. The highest BCUT2D eigenvalue weighted by Gasteiger charge is 2.26. The lowest BCUT2D eigenvalue weighted by molar-refractivity contribution is 0.0853. The van der Waals surface area contributed by atoms with Gasteiger partial charge in [0.25, 0.3) is 12.3 Å². The third-order valence-corrected chi connectivity index (χ3v) is 4.99. The molecule has 170 valence electrons. The van der Waals surface area contributed by atoms with E-state index in [-0.39, 0.29) is 23.9 Å². The van der Waals surface area contributed by atoms with Crippen LogP contribution < -0.4 is 5.32 Å². The molecule has 1 fully saturated rings. The van der Waals surface area contributed by atoms with Gasteiger partial charge in [-0.3, -0.25) is 14.5 Å². The largest absolute Gasteiger partial charge is 0.393 e. The second-order valence-electron chi connectivity index (χ2n) is 7.74. The number of amides is 1. The standard InChI is InChI=1S/C22H24ClF2N5O2/c1-12(2)32-29-17(19-16(23)9-15(10-26-19)8-7-14-5-6-14)11-27-22(31)18-13(3)30(4)28-20(18)21(24)25/h9-10,12,14,21H,5-6,11H2,1-4H3,(H,27,31)/b29-17-. The number of aryl methyl sites for hydroxylation is 1. The molecule has 2 aromatic rings. The van der Waals surface area contributed by atoms with Crippen LogP contribution in [0, 0.1) is 24.7 Å². The second kappa shape index (κ2) is 10.1. The zero-order valence-corrected chi connectivity index (χ0v) is 19.0. The fraction of sp³-hybridized carbons (Fsp3) is 0.455. The van der Waals surface area contributed by atoms with Crippen molar-refractivity contribution in [3.63, 3.8) is 0 Å². The van der Waals surface area contributed by atoms with E-state index in [1.807, 2.05) is 0 Å². The summed E-state index contributed by atoms with van der Waals surface area (Å²) in [6.45, 7) is 4.99. The van der Waals surface area contributed by atoms with Gasteiger partial charge in [0.05, 0.1) is 17.1 Å². The lowest BCUT2D eigenvalue weighted by Gasteiger charge is -2.11. The molecule has 32 heavy (non-hydrogen) atoms. The van der Waals surface area contributed by atoms with Gasteiger partial charge in [-0.05, 0) is 39.7 Å². The molecule has 0 saturated heterocycles. The molecule has 0 unspecified atom stereocenters. The predicted molar refractivity (Wildman–Crippen MR) is 117 cm³/mol. The van der Waals surface area contributed by atoms with Gasteiger partial charge in [0.15, 0.2) is 0 Å². The van der Waals surface area contributed by atoms with Crippen molar-refractivity contribution in [2.45, 2.75) is 46.1 Å². The minimum Gasteiger partial charge on any atom is -0.393 e. The molecular formula is C22H24ClF2N5O2. The molecule has 1 aliphatic rings. The molecule has 1 amide bonds. The maximum atomic E-state index is 13.3. The van der Waals surface area contributed by atoms with Crippen molar-refractivity contribution in [1.82, 2.24) is 20.1 Å². The van der Waals surface area contributed by atoms with Crippen molar-refractivity contribution >= 4 is 23.2 Å². The summed E-state index contributed by atoms with van der Waals surface area (Å²) in [5.41, 5.74) is 0.807. The maximum Gasteiger partial charge on any atom is 0.282 e. The van der Waals surface area contributed by atoms with Crippen molar-refractivity contribution in [2.24, 2.45) is 18.1 Å². The van der Waals surface area contributed by atoms with Crippen LogP contribution in [0.15, 0.2) is 17.4 Å². The molecule has 0 atom stereocenters. The normalized spacial score (nSPS) is 13.8. The Bertz CT molecular complexity index is 1100. The van der Waals surface area contributed by atoms with Crippen LogP contribution in [0.5, 0.6) is 0 Å². The van der Waals surface area contributed by atoms with E-state index in [9.17, 15) is 13.6 Å². The van der Waals surface area contributed by atoms with Gasteiger partial charge in [0.2, 0.25) is 0 Å². The molecule has 2 aromatic heterocycles. The third-order valence-electron chi connectivity index (χ3n) is 4.70. The molecular weight excluding hydrogens is 440 g/mol. The number of hydrogen-bond acceptors (Lipinski definition) is 5. The highest BCUT2D eigenvalue weighted by atomic mass is 35.5. The predicted octanol–water partition coefficient (Wildman–Crippen LogP) is 4.04. The highest BCUT2D eigenvalue weighted by molar-refractivity contribution is 6.34. The molecule has 0 bridgehead atoms. The number of oxime groups is 1. The van der Waals surface area contributed by atoms with E-state index in [1.54, 1.807) is 33.0 Å². The zero-order valence-electron chi connectivity index (χ0n) is 18.2. The third kappa shape index (κ3) is 5.82. The summed E-state index contributed by atoms with van der Waals surface area (Å²) in [6, 6.07) is 1.67. The van der Waals surface area contributed by atoms with Gasteiger partial charge < -0.3 is 10.2 Å². The Morgan fingerprint density at radius 3 is 2.75 bits per heavy atom. The highest BCUT2D eigenvalue weighted by Crippen LogP contribution is 2.28. The molecule has 1 aliphatic carbocycles. The number of pyridine rings is 1. The van der Waals surface area contributed by atoms with Crippen LogP contribution in [-0.2, 0) is 11.9 Å². The number of hydrogen-bond donors (Lipinski definition) is 1. The van der Waals surface area contributed by atoms with Gasteiger partial charge >= 0.3 is 0 Å².